The van der Waals surface area contributed by atoms with Crippen molar-refractivity contribution in [1.82, 2.24) is 4.90 Å². The number of nitrogens with zero attached hydrogens (tertiary/aromatic N) is 1. The third kappa shape index (κ3) is 2.65. The van der Waals surface area contributed by atoms with Crippen molar-refractivity contribution >= 4 is 0 Å². The second kappa shape index (κ2) is 5.44. The molecule has 0 radical (unpaired) electrons. The first-order chi connectivity index (χ1) is 10.9. The van der Waals surface area contributed by atoms with Crippen LogP contribution in [0.15, 0.2) is 42.5 Å². The first-order valence-corrected chi connectivity index (χ1v) is 8.73. The number of benzene rings is 1. The van der Waals surface area contributed by atoms with Gasteiger partial charge in [-0.3, -0.25) is 4.90 Å². The Morgan fingerprint density at radius 2 is 2.00 bits per heavy atom. The molecule has 124 valence electrons. The van der Waals surface area contributed by atoms with Crippen molar-refractivity contribution in [1.29, 1.82) is 0 Å². The highest BCUT2D eigenvalue weighted by molar-refractivity contribution is 5.19. The maximum Gasteiger partial charge on any atom is 0.163 e. The summed E-state index contributed by atoms with van der Waals surface area (Å²) in [6, 6.07) is 11.2. The molecule has 0 unspecified atom stereocenters. The van der Waals surface area contributed by atoms with E-state index in [1.165, 1.54) is 11.1 Å². The second-order valence-electron chi connectivity index (χ2n) is 7.90. The summed E-state index contributed by atoms with van der Waals surface area (Å²) in [7, 11) is 0. The zero-order valence-corrected chi connectivity index (χ0v) is 14.4. The van der Waals surface area contributed by atoms with Gasteiger partial charge >= 0.3 is 0 Å². The van der Waals surface area contributed by atoms with Gasteiger partial charge in [0.2, 0.25) is 0 Å². The smallest absolute Gasteiger partial charge is 0.163 e. The lowest BCUT2D eigenvalue weighted by atomic mass is 9.87. The van der Waals surface area contributed by atoms with E-state index in [1.807, 2.05) is 13.8 Å². The van der Waals surface area contributed by atoms with Crippen molar-refractivity contribution in [2.75, 3.05) is 6.54 Å². The van der Waals surface area contributed by atoms with Crippen LogP contribution in [0.5, 0.6) is 0 Å². The third-order valence-electron chi connectivity index (χ3n) is 5.73. The van der Waals surface area contributed by atoms with Crippen LogP contribution in [-0.4, -0.2) is 35.5 Å². The van der Waals surface area contributed by atoms with Gasteiger partial charge in [-0.1, -0.05) is 42.5 Å². The highest BCUT2D eigenvalue weighted by Gasteiger charge is 2.59. The van der Waals surface area contributed by atoms with Gasteiger partial charge in [0.1, 0.15) is 6.10 Å². The molecular weight excluding hydrogens is 286 g/mol. The van der Waals surface area contributed by atoms with Gasteiger partial charge in [0, 0.05) is 19.1 Å². The van der Waals surface area contributed by atoms with Crippen LogP contribution < -0.4 is 0 Å². The van der Waals surface area contributed by atoms with Gasteiger partial charge in [-0.15, -0.1) is 0 Å². The summed E-state index contributed by atoms with van der Waals surface area (Å²) in [5, 5.41) is 0. The number of fused-ring (bicyclic) bond motifs is 3. The number of hydrogen-bond donors (Lipinski definition) is 0. The molecule has 0 spiro atoms. The van der Waals surface area contributed by atoms with Gasteiger partial charge in [0.15, 0.2) is 5.79 Å². The molecule has 3 heteroatoms. The molecule has 5 atom stereocenters. The largest absolute Gasteiger partial charge is 0.345 e. The molecule has 4 rings (SSSR count). The molecule has 0 amide bonds. The van der Waals surface area contributed by atoms with Crippen molar-refractivity contribution in [3.05, 3.63) is 48.0 Å². The Kier molecular flexibility index (Phi) is 3.63. The lowest BCUT2D eigenvalue weighted by Gasteiger charge is -2.29. The fourth-order valence-corrected chi connectivity index (χ4v) is 4.89. The van der Waals surface area contributed by atoms with Gasteiger partial charge in [0.05, 0.1) is 6.10 Å². The van der Waals surface area contributed by atoms with E-state index in [2.05, 4.69) is 48.7 Å². The average Bonchev–Trinajstić information content (AvgIpc) is 3.07. The Bertz CT molecular complexity index is 597. The van der Waals surface area contributed by atoms with E-state index < -0.39 is 5.79 Å². The molecule has 23 heavy (non-hydrogen) atoms. The zero-order chi connectivity index (χ0) is 16.2. The van der Waals surface area contributed by atoms with Gasteiger partial charge in [0.25, 0.3) is 0 Å². The van der Waals surface area contributed by atoms with Crippen LogP contribution >= 0.6 is 0 Å². The standard InChI is InChI=1S/C20H27NO2/c1-13(2)16-12-21(11-14-8-6-5-7-9-14)18-15(16)10-17-19(18)23-20(3,4)22-17/h5-9,15-19H,1,10-12H2,2-4H3/t15-,16+,17+,18+,19+/m0/s1. The van der Waals surface area contributed by atoms with Crippen LogP contribution in [0.3, 0.4) is 0 Å². The van der Waals surface area contributed by atoms with E-state index in [1.54, 1.807) is 0 Å². The number of ether oxygens (including phenoxy) is 2. The topological polar surface area (TPSA) is 21.7 Å². The Balaban J connectivity index is 1.60. The number of hydrogen-bond acceptors (Lipinski definition) is 3. The average molecular weight is 313 g/mol. The summed E-state index contributed by atoms with van der Waals surface area (Å²) in [5.41, 5.74) is 2.67. The van der Waals surface area contributed by atoms with Crippen LogP contribution in [0, 0.1) is 11.8 Å². The number of likely N-dealkylation sites (tertiary alicyclic amines) is 1. The van der Waals surface area contributed by atoms with Crippen molar-refractivity contribution in [2.24, 2.45) is 11.8 Å². The fraction of sp³-hybridized carbons (Fsp3) is 0.600. The molecule has 1 aromatic carbocycles. The molecule has 2 aliphatic heterocycles. The van der Waals surface area contributed by atoms with Crippen LogP contribution in [0.2, 0.25) is 0 Å². The van der Waals surface area contributed by atoms with E-state index in [0.29, 0.717) is 17.9 Å². The van der Waals surface area contributed by atoms with E-state index >= 15 is 0 Å². The van der Waals surface area contributed by atoms with Crippen molar-refractivity contribution < 1.29 is 9.47 Å². The van der Waals surface area contributed by atoms with Crippen molar-refractivity contribution in [2.45, 2.75) is 57.8 Å². The molecule has 3 fully saturated rings. The molecule has 2 heterocycles. The SMILES string of the molecule is C=C(C)[C@H]1CN(Cc2ccccc2)[C@@H]2[C@H]1C[C@H]1OC(C)(C)O[C@@H]21. The lowest BCUT2D eigenvalue weighted by Crippen LogP contribution is -2.41. The Labute approximate surface area is 139 Å². The minimum Gasteiger partial charge on any atom is -0.345 e. The molecular formula is C20H27NO2. The predicted octanol–water partition coefficient (Wildman–Crippen LogP) is 3.60. The summed E-state index contributed by atoms with van der Waals surface area (Å²) in [6.07, 6.45) is 1.53. The molecule has 3 aliphatic rings. The maximum atomic E-state index is 6.29. The third-order valence-corrected chi connectivity index (χ3v) is 5.73. The molecule has 1 saturated carbocycles. The van der Waals surface area contributed by atoms with Crippen LogP contribution in [-0.2, 0) is 16.0 Å². The molecule has 0 aromatic heterocycles. The Morgan fingerprint density at radius 1 is 1.26 bits per heavy atom. The van der Waals surface area contributed by atoms with Crippen LogP contribution in [0.4, 0.5) is 0 Å². The molecule has 1 aliphatic carbocycles. The monoisotopic (exact) mass is 313 g/mol. The Morgan fingerprint density at radius 3 is 2.70 bits per heavy atom. The molecule has 0 bridgehead atoms. The normalized spacial score (nSPS) is 38.5. The second-order valence-corrected chi connectivity index (χ2v) is 7.90. The minimum atomic E-state index is -0.444. The van der Waals surface area contributed by atoms with Crippen LogP contribution in [0.25, 0.3) is 0 Å². The first kappa shape index (κ1) is 15.4. The highest BCUT2D eigenvalue weighted by atomic mass is 16.8. The fourth-order valence-electron chi connectivity index (χ4n) is 4.89. The molecule has 3 nitrogen and oxygen atoms in total. The highest BCUT2D eigenvalue weighted by Crippen LogP contribution is 2.50. The van der Waals surface area contributed by atoms with Crippen molar-refractivity contribution in [3.63, 3.8) is 0 Å². The van der Waals surface area contributed by atoms with E-state index in [9.17, 15) is 0 Å². The summed E-state index contributed by atoms with van der Waals surface area (Å²) in [5.74, 6) is 0.729. The summed E-state index contributed by atoms with van der Waals surface area (Å²) >= 11 is 0. The van der Waals surface area contributed by atoms with Gasteiger partial charge in [-0.2, -0.15) is 0 Å². The molecule has 1 aromatic rings. The van der Waals surface area contributed by atoms with Gasteiger partial charge < -0.3 is 9.47 Å². The lowest BCUT2D eigenvalue weighted by molar-refractivity contribution is -0.159. The molecule has 2 saturated heterocycles. The maximum absolute atomic E-state index is 6.29. The predicted molar refractivity (Wildman–Crippen MR) is 90.9 cm³/mol. The van der Waals surface area contributed by atoms with Crippen molar-refractivity contribution in [3.8, 4) is 0 Å². The Hall–Kier alpha value is -1.16. The first-order valence-electron chi connectivity index (χ1n) is 8.73. The van der Waals surface area contributed by atoms with Crippen LogP contribution in [0.1, 0.15) is 32.8 Å². The number of rotatable bonds is 3. The summed E-state index contributed by atoms with van der Waals surface area (Å²) < 4.78 is 12.4. The van der Waals surface area contributed by atoms with E-state index in [4.69, 9.17) is 9.47 Å². The minimum absolute atomic E-state index is 0.197. The summed E-state index contributed by atoms with van der Waals surface area (Å²) in [6.45, 7) is 12.6. The zero-order valence-electron chi connectivity index (χ0n) is 14.4. The van der Waals surface area contributed by atoms with Gasteiger partial charge in [-0.25, -0.2) is 0 Å². The van der Waals surface area contributed by atoms with E-state index in [-0.39, 0.29) is 12.2 Å². The summed E-state index contributed by atoms with van der Waals surface area (Å²) in [4.78, 5) is 2.61. The molecule has 0 N–H and O–H groups in total. The van der Waals surface area contributed by atoms with E-state index in [0.717, 1.165) is 19.5 Å². The van der Waals surface area contributed by atoms with Gasteiger partial charge in [-0.05, 0) is 44.6 Å². The quantitative estimate of drug-likeness (QED) is 0.796.